The van der Waals surface area contributed by atoms with Crippen molar-refractivity contribution in [3.05, 3.63) is 108 Å². The molecule has 4 heterocycles. The van der Waals surface area contributed by atoms with Crippen molar-refractivity contribution < 1.29 is 10.2 Å². The molecule has 0 amide bonds. The Kier molecular flexibility index (Phi) is 4.35. The number of aromatic hydroxyl groups is 2. The second-order valence-electron chi connectivity index (χ2n) is 10.2. The van der Waals surface area contributed by atoms with Gasteiger partial charge >= 0.3 is 0 Å². The van der Waals surface area contributed by atoms with Gasteiger partial charge in [-0.05, 0) is 63.9 Å². The van der Waals surface area contributed by atoms with E-state index in [-0.39, 0.29) is 17.8 Å². The molecule has 0 bridgehead atoms. The summed E-state index contributed by atoms with van der Waals surface area (Å²) >= 11 is 0. The molecule has 184 valence electrons. The van der Waals surface area contributed by atoms with Crippen molar-refractivity contribution in [3.63, 3.8) is 0 Å². The van der Waals surface area contributed by atoms with Crippen LogP contribution in [0.5, 0.6) is 11.8 Å². The van der Waals surface area contributed by atoms with Crippen molar-refractivity contribution in [1.82, 2.24) is 14.5 Å². The topological polar surface area (TPSA) is 77.0 Å². The monoisotopic (exact) mass is 495 g/mol. The summed E-state index contributed by atoms with van der Waals surface area (Å²) in [5.41, 5.74) is 8.01. The first-order valence-electron chi connectivity index (χ1n) is 13.0. The lowest BCUT2D eigenvalue weighted by Crippen LogP contribution is -2.16. The van der Waals surface area contributed by atoms with E-state index >= 15 is 0 Å². The Morgan fingerprint density at radius 3 is 2.55 bits per heavy atom. The minimum Gasteiger partial charge on any atom is -0.494 e. The summed E-state index contributed by atoms with van der Waals surface area (Å²) in [4.78, 5) is 6.22. The van der Waals surface area contributed by atoms with Gasteiger partial charge in [-0.15, -0.1) is 0 Å². The summed E-state index contributed by atoms with van der Waals surface area (Å²) < 4.78 is 2.25. The van der Waals surface area contributed by atoms with Gasteiger partial charge in [-0.2, -0.15) is 0 Å². The number of para-hydroxylation sites is 1. The van der Waals surface area contributed by atoms with Gasteiger partial charge in [0.25, 0.3) is 0 Å². The zero-order valence-corrected chi connectivity index (χ0v) is 20.6. The van der Waals surface area contributed by atoms with Gasteiger partial charge in [0, 0.05) is 34.4 Å². The summed E-state index contributed by atoms with van der Waals surface area (Å²) in [6, 6.07) is 29.6. The second kappa shape index (κ2) is 7.80. The molecule has 5 heteroatoms. The van der Waals surface area contributed by atoms with Crippen LogP contribution in [0, 0.1) is 0 Å². The van der Waals surface area contributed by atoms with E-state index in [4.69, 9.17) is 0 Å². The molecule has 0 fully saturated rings. The highest BCUT2D eigenvalue weighted by Gasteiger charge is 2.31. The first kappa shape index (κ1) is 21.2. The van der Waals surface area contributed by atoms with Crippen LogP contribution < -0.4 is 0 Å². The van der Waals surface area contributed by atoms with Gasteiger partial charge in [-0.1, -0.05) is 66.7 Å². The summed E-state index contributed by atoms with van der Waals surface area (Å²) in [5.74, 6) is -0.000452. The third kappa shape index (κ3) is 2.93. The first-order chi connectivity index (χ1) is 18.7. The van der Waals surface area contributed by atoms with E-state index in [0.29, 0.717) is 5.56 Å². The zero-order valence-electron chi connectivity index (χ0n) is 20.6. The third-order valence-corrected chi connectivity index (χ3v) is 8.23. The number of nitrogens with zero attached hydrogens (tertiary/aromatic N) is 1. The highest BCUT2D eigenvalue weighted by molar-refractivity contribution is 6.03. The largest absolute Gasteiger partial charge is 0.494 e. The van der Waals surface area contributed by atoms with E-state index in [1.165, 1.54) is 27.2 Å². The van der Waals surface area contributed by atoms with Crippen molar-refractivity contribution in [3.8, 4) is 34.0 Å². The lowest BCUT2D eigenvalue weighted by atomic mass is 9.90. The highest BCUT2D eigenvalue weighted by Crippen LogP contribution is 2.48. The quantitative estimate of drug-likeness (QED) is 0.201. The number of H-pyrrole nitrogens is 2. The van der Waals surface area contributed by atoms with Gasteiger partial charge in [0.05, 0.1) is 17.1 Å². The molecule has 0 radical (unpaired) electrons. The highest BCUT2D eigenvalue weighted by atomic mass is 16.3. The molecule has 4 aromatic carbocycles. The van der Waals surface area contributed by atoms with E-state index in [1.54, 1.807) is 0 Å². The molecular weight excluding hydrogens is 470 g/mol. The number of benzene rings is 4. The van der Waals surface area contributed by atoms with Crippen LogP contribution in [0.25, 0.3) is 54.8 Å². The first-order valence-corrected chi connectivity index (χ1v) is 13.0. The number of aromatic nitrogens is 3. The van der Waals surface area contributed by atoms with Crippen molar-refractivity contribution in [2.45, 2.75) is 18.9 Å². The Labute approximate surface area is 218 Å². The molecule has 0 saturated heterocycles. The van der Waals surface area contributed by atoms with Gasteiger partial charge in [0.15, 0.2) is 11.8 Å². The van der Waals surface area contributed by atoms with Gasteiger partial charge in [0.1, 0.15) is 0 Å². The molecule has 7 aromatic rings. The van der Waals surface area contributed by atoms with Crippen LogP contribution in [-0.2, 0) is 6.42 Å². The summed E-state index contributed by atoms with van der Waals surface area (Å²) in [6.07, 6.45) is 5.78. The molecular formula is C33H25N3O2. The number of hydrogen-bond acceptors (Lipinski definition) is 2. The maximum absolute atomic E-state index is 11.1. The lowest BCUT2D eigenvalue weighted by molar-refractivity contribution is 0.416. The van der Waals surface area contributed by atoms with Crippen LogP contribution in [0.3, 0.4) is 0 Å². The van der Waals surface area contributed by atoms with Crippen molar-refractivity contribution in [2.24, 2.45) is 0 Å². The average Bonchev–Trinajstić information content (AvgIpc) is 3.64. The molecule has 38 heavy (non-hydrogen) atoms. The Hall–Kier alpha value is -4.90. The number of aryl methyl sites for hydroxylation is 1. The van der Waals surface area contributed by atoms with Crippen LogP contribution in [-0.4, -0.2) is 24.7 Å². The number of nitrogens with one attached hydrogen (secondary N) is 2. The Balaban J connectivity index is 1.33. The normalized spacial score (nSPS) is 15.1. The molecule has 1 unspecified atom stereocenters. The molecule has 1 aliphatic rings. The molecule has 5 nitrogen and oxygen atoms in total. The second-order valence-corrected chi connectivity index (χ2v) is 10.2. The summed E-state index contributed by atoms with van der Waals surface area (Å²) in [5, 5.41) is 26.8. The smallest absolute Gasteiger partial charge is 0.199 e. The fourth-order valence-corrected chi connectivity index (χ4v) is 6.53. The van der Waals surface area contributed by atoms with Gasteiger partial charge in [-0.3, -0.25) is 4.98 Å². The maximum Gasteiger partial charge on any atom is 0.199 e. The van der Waals surface area contributed by atoms with Crippen LogP contribution in [0.1, 0.15) is 23.6 Å². The molecule has 0 saturated carbocycles. The minimum atomic E-state index is -0.0965. The fourth-order valence-electron chi connectivity index (χ4n) is 6.53. The predicted molar refractivity (Wildman–Crippen MR) is 153 cm³/mol. The van der Waals surface area contributed by atoms with E-state index < -0.39 is 0 Å². The van der Waals surface area contributed by atoms with Crippen LogP contribution in [0.2, 0.25) is 0 Å². The average molecular weight is 496 g/mol. The van der Waals surface area contributed by atoms with E-state index in [1.807, 2.05) is 6.20 Å². The molecule has 0 spiro atoms. The van der Waals surface area contributed by atoms with Gasteiger partial charge in [0.2, 0.25) is 0 Å². The van der Waals surface area contributed by atoms with E-state index in [2.05, 4.69) is 106 Å². The summed E-state index contributed by atoms with van der Waals surface area (Å²) in [6.45, 7) is 0. The standard InChI is InChI=1S/C33H25N3O2/c37-32-29(30(33(38)35-32)28-14-12-20-7-3-8-21-15-16-36(28)31(20)21)26-18-34-27-13-11-22(17-25(26)27)24-10-4-6-19-5-1-2-9-23(19)24/h1-11,13,15-18,28,34-35,37-38H,12,14H2. The zero-order chi connectivity index (χ0) is 25.4. The van der Waals surface area contributed by atoms with Gasteiger partial charge < -0.3 is 19.8 Å². The maximum atomic E-state index is 11.1. The molecule has 1 atom stereocenters. The Bertz CT molecular complexity index is 2020. The minimum absolute atomic E-state index is 0.0169. The number of fused-ring (bicyclic) bond motifs is 2. The number of hydrogen-bond donors (Lipinski definition) is 4. The lowest BCUT2D eigenvalue weighted by Gasteiger charge is -2.26. The molecule has 3 aromatic heterocycles. The van der Waals surface area contributed by atoms with Crippen molar-refractivity contribution in [2.75, 3.05) is 0 Å². The van der Waals surface area contributed by atoms with Crippen LogP contribution >= 0.6 is 0 Å². The number of aromatic amines is 2. The summed E-state index contributed by atoms with van der Waals surface area (Å²) in [7, 11) is 0. The van der Waals surface area contributed by atoms with Gasteiger partial charge in [-0.25, -0.2) is 0 Å². The molecule has 4 N–H and O–H groups in total. The van der Waals surface area contributed by atoms with E-state index in [9.17, 15) is 10.2 Å². The van der Waals surface area contributed by atoms with Crippen LogP contribution in [0.4, 0.5) is 0 Å². The molecule has 1 aliphatic heterocycles. The Morgan fingerprint density at radius 2 is 1.61 bits per heavy atom. The molecule has 0 aliphatic carbocycles. The van der Waals surface area contributed by atoms with E-state index in [0.717, 1.165) is 46.0 Å². The predicted octanol–water partition coefficient (Wildman–Crippen LogP) is 7.88. The fraction of sp³-hybridized carbons (Fsp3) is 0.0909. The third-order valence-electron chi connectivity index (χ3n) is 8.23. The molecule has 8 rings (SSSR count). The van der Waals surface area contributed by atoms with Crippen molar-refractivity contribution in [1.29, 1.82) is 0 Å². The van der Waals surface area contributed by atoms with Crippen molar-refractivity contribution >= 4 is 32.6 Å². The number of rotatable bonds is 3. The van der Waals surface area contributed by atoms with Crippen LogP contribution in [0.15, 0.2) is 97.3 Å². The Morgan fingerprint density at radius 1 is 0.763 bits per heavy atom. The SMILES string of the molecule is Oc1[nH]c(O)c(C2CCc3cccc4ccn2c34)c1-c1c[nH]c2ccc(-c3cccc4ccccc34)cc12.